The van der Waals surface area contributed by atoms with Crippen molar-refractivity contribution >= 4 is 11.6 Å². The molecule has 0 fully saturated rings. The number of benzene rings is 1. The van der Waals surface area contributed by atoms with Crippen LogP contribution in [0.2, 0.25) is 5.02 Å². The Labute approximate surface area is 82.3 Å². The van der Waals surface area contributed by atoms with Crippen molar-refractivity contribution in [2.75, 3.05) is 0 Å². The average Bonchev–Trinajstić information content (AvgIpc) is 2.51. The number of nitrogens with zero attached hydrogens (tertiary/aromatic N) is 1. The Bertz CT molecular complexity index is 520. The van der Waals surface area contributed by atoms with Crippen molar-refractivity contribution in [3.8, 4) is 11.4 Å². The van der Waals surface area contributed by atoms with Gasteiger partial charge in [-0.15, -0.1) is 0 Å². The Hall–Kier alpha value is -1.62. The van der Waals surface area contributed by atoms with Gasteiger partial charge in [-0.1, -0.05) is 16.8 Å². The first-order valence-corrected chi connectivity index (χ1v) is 4.06. The largest absolute Gasteiger partial charge is 0.439 e. The van der Waals surface area contributed by atoms with Gasteiger partial charge in [0, 0.05) is 5.56 Å². The van der Waals surface area contributed by atoms with Crippen LogP contribution in [0.15, 0.2) is 27.5 Å². The molecule has 1 heterocycles. The lowest BCUT2D eigenvalue weighted by molar-refractivity contribution is 0.388. The van der Waals surface area contributed by atoms with E-state index in [9.17, 15) is 9.18 Å². The van der Waals surface area contributed by atoms with Crippen LogP contribution in [-0.2, 0) is 0 Å². The molecular weight excluding hydrogens is 211 g/mol. The predicted octanol–water partition coefficient (Wildman–Crippen LogP) is 1.82. The second kappa shape index (κ2) is 3.26. The lowest BCUT2D eigenvalue weighted by atomic mass is 10.2. The molecular formula is C8H4ClFN2O2. The van der Waals surface area contributed by atoms with Gasteiger partial charge >= 0.3 is 5.76 Å². The fourth-order valence-electron chi connectivity index (χ4n) is 1.03. The van der Waals surface area contributed by atoms with E-state index in [1.165, 1.54) is 12.1 Å². The molecule has 1 aromatic carbocycles. The Kier molecular flexibility index (Phi) is 2.09. The van der Waals surface area contributed by atoms with Gasteiger partial charge in [-0.25, -0.2) is 9.18 Å². The molecule has 2 rings (SSSR count). The molecule has 0 saturated carbocycles. The molecule has 0 aliphatic heterocycles. The van der Waals surface area contributed by atoms with Gasteiger partial charge in [0.05, 0.1) is 5.02 Å². The Morgan fingerprint density at radius 1 is 1.50 bits per heavy atom. The molecule has 0 saturated heterocycles. The van der Waals surface area contributed by atoms with Crippen molar-refractivity contribution in [3.05, 3.63) is 39.6 Å². The summed E-state index contributed by atoms with van der Waals surface area (Å²) < 4.78 is 17.0. The van der Waals surface area contributed by atoms with Crippen LogP contribution in [0.3, 0.4) is 0 Å². The molecule has 0 aliphatic carbocycles. The quantitative estimate of drug-likeness (QED) is 0.788. The predicted molar refractivity (Wildman–Crippen MR) is 47.5 cm³/mol. The average molecular weight is 215 g/mol. The van der Waals surface area contributed by atoms with E-state index in [-0.39, 0.29) is 10.8 Å². The third-order valence-electron chi connectivity index (χ3n) is 1.63. The molecule has 0 amide bonds. The van der Waals surface area contributed by atoms with Crippen LogP contribution in [0.25, 0.3) is 11.4 Å². The van der Waals surface area contributed by atoms with E-state index < -0.39 is 11.6 Å². The van der Waals surface area contributed by atoms with Crippen molar-refractivity contribution in [1.29, 1.82) is 0 Å². The van der Waals surface area contributed by atoms with Crippen LogP contribution < -0.4 is 5.76 Å². The first-order chi connectivity index (χ1) is 6.66. The number of hydrogen-bond donors (Lipinski definition) is 1. The summed E-state index contributed by atoms with van der Waals surface area (Å²) in [4.78, 5) is 13.0. The lowest BCUT2D eigenvalue weighted by Gasteiger charge is -1.97. The second-order valence-electron chi connectivity index (χ2n) is 2.57. The summed E-state index contributed by atoms with van der Waals surface area (Å²) in [6, 6.07) is 3.75. The van der Waals surface area contributed by atoms with E-state index in [2.05, 4.69) is 14.7 Å². The Morgan fingerprint density at radius 2 is 2.29 bits per heavy atom. The van der Waals surface area contributed by atoms with E-state index in [0.717, 1.165) is 6.07 Å². The number of hydrogen-bond acceptors (Lipinski definition) is 3. The van der Waals surface area contributed by atoms with Crippen molar-refractivity contribution in [2.45, 2.75) is 0 Å². The number of aromatic amines is 1. The first-order valence-electron chi connectivity index (χ1n) is 3.68. The topological polar surface area (TPSA) is 58.9 Å². The number of halogens is 2. The van der Waals surface area contributed by atoms with Gasteiger partial charge in [-0.05, 0) is 18.2 Å². The molecule has 0 radical (unpaired) electrons. The molecule has 0 atom stereocenters. The highest BCUT2D eigenvalue weighted by atomic mass is 35.5. The SMILES string of the molecule is O=c1[nH]c(-c2ccc(F)cc2Cl)no1. The lowest BCUT2D eigenvalue weighted by Crippen LogP contribution is -1.95. The van der Waals surface area contributed by atoms with Gasteiger partial charge < -0.3 is 0 Å². The number of rotatable bonds is 1. The molecule has 2 aromatic rings. The summed E-state index contributed by atoms with van der Waals surface area (Å²) >= 11 is 5.73. The summed E-state index contributed by atoms with van der Waals surface area (Å²) in [6.07, 6.45) is 0. The van der Waals surface area contributed by atoms with Gasteiger partial charge in [0.1, 0.15) is 5.82 Å². The Morgan fingerprint density at radius 3 is 2.86 bits per heavy atom. The molecule has 14 heavy (non-hydrogen) atoms. The van der Waals surface area contributed by atoms with Crippen LogP contribution in [-0.4, -0.2) is 10.1 Å². The first kappa shape index (κ1) is 8.96. The van der Waals surface area contributed by atoms with Crippen molar-refractivity contribution in [1.82, 2.24) is 10.1 Å². The standard InChI is InChI=1S/C8H4ClFN2O2/c9-6-3-4(10)1-2-5(6)7-11-8(13)14-12-7/h1-3H,(H,11,12,13). The third-order valence-corrected chi connectivity index (χ3v) is 1.94. The highest BCUT2D eigenvalue weighted by Gasteiger charge is 2.08. The molecule has 0 spiro atoms. The summed E-state index contributed by atoms with van der Waals surface area (Å²) in [5, 5.41) is 3.59. The summed E-state index contributed by atoms with van der Waals surface area (Å²) in [5.74, 6) is -0.954. The molecule has 4 nitrogen and oxygen atoms in total. The third kappa shape index (κ3) is 1.54. The minimum absolute atomic E-state index is 0.162. The van der Waals surface area contributed by atoms with E-state index >= 15 is 0 Å². The zero-order chi connectivity index (χ0) is 10.1. The molecule has 0 aliphatic rings. The highest BCUT2D eigenvalue weighted by molar-refractivity contribution is 6.33. The molecule has 6 heteroatoms. The van der Waals surface area contributed by atoms with Crippen molar-refractivity contribution in [2.24, 2.45) is 0 Å². The van der Waals surface area contributed by atoms with Gasteiger partial charge in [0.15, 0.2) is 5.82 Å². The molecule has 0 unspecified atom stereocenters. The molecule has 72 valence electrons. The maximum absolute atomic E-state index is 12.7. The summed E-state index contributed by atoms with van der Waals surface area (Å²) in [7, 11) is 0. The molecule has 0 bridgehead atoms. The van der Waals surface area contributed by atoms with Gasteiger partial charge in [0.25, 0.3) is 0 Å². The summed E-state index contributed by atoms with van der Waals surface area (Å²) in [6.45, 7) is 0. The van der Waals surface area contributed by atoms with E-state index in [0.29, 0.717) is 5.56 Å². The van der Waals surface area contributed by atoms with Crippen LogP contribution >= 0.6 is 11.6 Å². The fourth-order valence-corrected chi connectivity index (χ4v) is 1.28. The zero-order valence-electron chi connectivity index (χ0n) is 6.75. The van der Waals surface area contributed by atoms with Gasteiger partial charge in [0.2, 0.25) is 0 Å². The molecule has 1 N–H and O–H groups in total. The summed E-state index contributed by atoms with van der Waals surface area (Å²) in [5.41, 5.74) is 0.416. The second-order valence-corrected chi connectivity index (χ2v) is 2.98. The van der Waals surface area contributed by atoms with E-state index in [1.807, 2.05) is 0 Å². The van der Waals surface area contributed by atoms with Crippen molar-refractivity contribution in [3.63, 3.8) is 0 Å². The Balaban J connectivity index is 2.57. The van der Waals surface area contributed by atoms with Gasteiger partial charge in [-0.3, -0.25) is 9.51 Å². The minimum atomic E-state index is -0.680. The number of H-pyrrole nitrogens is 1. The maximum atomic E-state index is 12.7. The fraction of sp³-hybridized carbons (Fsp3) is 0. The van der Waals surface area contributed by atoms with E-state index in [4.69, 9.17) is 11.6 Å². The van der Waals surface area contributed by atoms with Crippen LogP contribution in [0.4, 0.5) is 4.39 Å². The number of aromatic nitrogens is 2. The highest BCUT2D eigenvalue weighted by Crippen LogP contribution is 2.24. The van der Waals surface area contributed by atoms with Gasteiger partial charge in [-0.2, -0.15) is 0 Å². The van der Waals surface area contributed by atoms with Crippen molar-refractivity contribution < 1.29 is 8.91 Å². The normalized spacial score (nSPS) is 10.4. The number of nitrogens with one attached hydrogen (secondary N) is 1. The van der Waals surface area contributed by atoms with E-state index in [1.54, 1.807) is 0 Å². The zero-order valence-corrected chi connectivity index (χ0v) is 7.51. The minimum Gasteiger partial charge on any atom is -0.296 e. The van der Waals surface area contributed by atoms with Crippen LogP contribution in [0, 0.1) is 5.82 Å². The maximum Gasteiger partial charge on any atom is 0.439 e. The monoisotopic (exact) mass is 214 g/mol. The molecule has 1 aromatic heterocycles. The van der Waals surface area contributed by atoms with Crippen LogP contribution in [0.1, 0.15) is 0 Å². The van der Waals surface area contributed by atoms with Crippen LogP contribution in [0.5, 0.6) is 0 Å². The smallest absolute Gasteiger partial charge is 0.296 e.